The molecule has 3 rings (SSSR count). The van der Waals surface area contributed by atoms with Crippen LogP contribution in [-0.2, 0) is 12.8 Å². The molecule has 0 spiro atoms. The fourth-order valence-electron chi connectivity index (χ4n) is 2.68. The molecule has 1 unspecified atom stereocenters. The number of nitrogens with zero attached hydrogens (tertiary/aromatic N) is 3. The van der Waals surface area contributed by atoms with Crippen LogP contribution in [0.1, 0.15) is 23.4 Å². The normalized spacial score (nSPS) is 17.9. The molecule has 1 atom stereocenters. The number of rotatable bonds is 2. The number of hydrogen-bond donors (Lipinski definition) is 1. The van der Waals surface area contributed by atoms with Crippen molar-refractivity contribution >= 4 is 11.6 Å². The number of aromatic nitrogens is 3. The number of nitrogens with two attached hydrogens (primary N) is 1. The van der Waals surface area contributed by atoms with Gasteiger partial charge in [-0.25, -0.2) is 9.97 Å². The van der Waals surface area contributed by atoms with Gasteiger partial charge in [-0.1, -0.05) is 11.6 Å². The Bertz CT molecular complexity index is 625. The highest BCUT2D eigenvalue weighted by Crippen LogP contribution is 2.27. The first-order valence-corrected chi connectivity index (χ1v) is 7.23. The van der Waals surface area contributed by atoms with E-state index in [9.17, 15) is 0 Å². The highest BCUT2D eigenvalue weighted by molar-refractivity contribution is 6.30. The van der Waals surface area contributed by atoms with Crippen LogP contribution in [0.2, 0.25) is 5.02 Å². The minimum atomic E-state index is 0.560. The lowest BCUT2D eigenvalue weighted by atomic mass is 9.86. The van der Waals surface area contributed by atoms with E-state index in [1.54, 1.807) is 6.20 Å². The lowest BCUT2D eigenvalue weighted by molar-refractivity contribution is 0.460. The molecule has 0 aromatic carbocycles. The summed E-state index contributed by atoms with van der Waals surface area (Å²) < 4.78 is 0. The van der Waals surface area contributed by atoms with Gasteiger partial charge in [0.1, 0.15) is 5.69 Å². The Kier molecular flexibility index (Phi) is 3.68. The van der Waals surface area contributed by atoms with Gasteiger partial charge >= 0.3 is 0 Å². The van der Waals surface area contributed by atoms with Gasteiger partial charge in [-0.2, -0.15) is 0 Å². The summed E-state index contributed by atoms with van der Waals surface area (Å²) in [5.74, 6) is 1.24. The van der Waals surface area contributed by atoms with Gasteiger partial charge in [0.2, 0.25) is 0 Å². The summed E-state index contributed by atoms with van der Waals surface area (Å²) >= 11 is 5.86. The van der Waals surface area contributed by atoms with E-state index in [0.29, 0.717) is 16.8 Å². The Balaban J connectivity index is 2.00. The second kappa shape index (κ2) is 5.46. The third-order valence-corrected chi connectivity index (χ3v) is 4.10. The molecule has 0 amide bonds. The summed E-state index contributed by atoms with van der Waals surface area (Å²) in [5, 5.41) is 0.620. The summed E-state index contributed by atoms with van der Waals surface area (Å²) in [6.45, 7) is 2.78. The molecule has 2 aromatic rings. The SMILES string of the molecule is Cc1nc(-c2ccc(Cl)cn2)nc2c1CC(CN)CC2. The molecule has 2 aromatic heterocycles. The van der Waals surface area contributed by atoms with E-state index in [4.69, 9.17) is 17.3 Å². The monoisotopic (exact) mass is 288 g/mol. The molecule has 0 saturated carbocycles. The average molecular weight is 289 g/mol. The quantitative estimate of drug-likeness (QED) is 0.922. The topological polar surface area (TPSA) is 64.7 Å². The summed E-state index contributed by atoms with van der Waals surface area (Å²) in [7, 11) is 0. The Labute approximate surface area is 123 Å². The molecule has 0 saturated heterocycles. The highest BCUT2D eigenvalue weighted by atomic mass is 35.5. The summed E-state index contributed by atoms with van der Waals surface area (Å²) in [6.07, 6.45) is 4.69. The van der Waals surface area contributed by atoms with E-state index in [-0.39, 0.29) is 0 Å². The van der Waals surface area contributed by atoms with Crippen molar-refractivity contribution in [1.82, 2.24) is 15.0 Å². The van der Waals surface area contributed by atoms with Crippen molar-refractivity contribution in [2.24, 2.45) is 11.7 Å². The fraction of sp³-hybridized carbons (Fsp3) is 0.400. The second-order valence-electron chi connectivity index (χ2n) is 5.26. The van der Waals surface area contributed by atoms with E-state index in [1.807, 2.05) is 19.1 Å². The van der Waals surface area contributed by atoms with Crippen LogP contribution in [0, 0.1) is 12.8 Å². The van der Waals surface area contributed by atoms with Crippen molar-refractivity contribution < 1.29 is 0 Å². The van der Waals surface area contributed by atoms with Gasteiger partial charge in [-0.15, -0.1) is 0 Å². The van der Waals surface area contributed by atoms with Crippen LogP contribution >= 0.6 is 11.6 Å². The first kappa shape index (κ1) is 13.5. The minimum absolute atomic E-state index is 0.560. The fourth-order valence-corrected chi connectivity index (χ4v) is 2.79. The Hall–Kier alpha value is -1.52. The molecule has 0 aliphatic heterocycles. The minimum Gasteiger partial charge on any atom is -0.330 e. The molecule has 5 heteroatoms. The van der Waals surface area contributed by atoms with Gasteiger partial charge in [-0.3, -0.25) is 4.98 Å². The molecule has 4 nitrogen and oxygen atoms in total. The van der Waals surface area contributed by atoms with Gasteiger partial charge in [-0.05, 0) is 56.3 Å². The first-order valence-electron chi connectivity index (χ1n) is 6.85. The van der Waals surface area contributed by atoms with Crippen LogP contribution in [0.5, 0.6) is 0 Å². The Morgan fingerprint density at radius 2 is 2.20 bits per heavy atom. The predicted octanol–water partition coefficient (Wildman–Crippen LogP) is 2.56. The lowest BCUT2D eigenvalue weighted by Gasteiger charge is -2.24. The maximum atomic E-state index is 5.86. The van der Waals surface area contributed by atoms with E-state index in [2.05, 4.69) is 15.0 Å². The molecule has 20 heavy (non-hydrogen) atoms. The average Bonchev–Trinajstić information content (AvgIpc) is 2.47. The van der Waals surface area contributed by atoms with Gasteiger partial charge in [0.15, 0.2) is 5.82 Å². The molecule has 0 bridgehead atoms. The number of halogens is 1. The van der Waals surface area contributed by atoms with E-state index >= 15 is 0 Å². The van der Waals surface area contributed by atoms with Gasteiger partial charge < -0.3 is 5.73 Å². The standard InChI is InChI=1S/C15H17ClN4/c1-9-12-6-10(7-17)2-4-13(12)20-15(19-9)14-5-3-11(16)8-18-14/h3,5,8,10H,2,4,6-7,17H2,1H3. The zero-order chi connectivity index (χ0) is 14.1. The molecular formula is C15H17ClN4. The molecular weight excluding hydrogens is 272 g/mol. The van der Waals surface area contributed by atoms with Crippen LogP contribution in [0.15, 0.2) is 18.3 Å². The molecule has 2 N–H and O–H groups in total. The highest BCUT2D eigenvalue weighted by Gasteiger charge is 2.22. The second-order valence-corrected chi connectivity index (χ2v) is 5.70. The van der Waals surface area contributed by atoms with Gasteiger partial charge in [0.25, 0.3) is 0 Å². The maximum absolute atomic E-state index is 5.86. The first-order chi connectivity index (χ1) is 9.67. The van der Waals surface area contributed by atoms with Crippen LogP contribution < -0.4 is 5.73 Å². The van der Waals surface area contributed by atoms with Crippen LogP contribution in [0.3, 0.4) is 0 Å². The van der Waals surface area contributed by atoms with Crippen LogP contribution in [-0.4, -0.2) is 21.5 Å². The van der Waals surface area contributed by atoms with Crippen molar-refractivity contribution in [3.8, 4) is 11.5 Å². The van der Waals surface area contributed by atoms with Crippen LogP contribution in [0.4, 0.5) is 0 Å². The molecule has 0 fully saturated rings. The number of hydrogen-bond acceptors (Lipinski definition) is 4. The Morgan fingerprint density at radius 3 is 2.90 bits per heavy atom. The van der Waals surface area contributed by atoms with Gasteiger partial charge in [0, 0.05) is 17.6 Å². The maximum Gasteiger partial charge on any atom is 0.178 e. The lowest BCUT2D eigenvalue weighted by Crippen LogP contribution is -2.24. The molecule has 0 radical (unpaired) electrons. The van der Waals surface area contributed by atoms with Crippen molar-refractivity contribution in [2.75, 3.05) is 6.54 Å². The number of aryl methyl sites for hydroxylation is 2. The summed E-state index contributed by atoms with van der Waals surface area (Å²) in [6, 6.07) is 3.67. The summed E-state index contributed by atoms with van der Waals surface area (Å²) in [5.41, 5.74) is 10.0. The molecule has 104 valence electrons. The van der Waals surface area contributed by atoms with Crippen LogP contribution in [0.25, 0.3) is 11.5 Å². The number of pyridine rings is 1. The van der Waals surface area contributed by atoms with Crippen molar-refractivity contribution in [3.05, 3.63) is 40.3 Å². The van der Waals surface area contributed by atoms with Gasteiger partial charge in [0.05, 0.1) is 5.02 Å². The van der Waals surface area contributed by atoms with E-state index in [1.165, 1.54) is 5.56 Å². The van der Waals surface area contributed by atoms with E-state index < -0.39 is 0 Å². The molecule has 1 aliphatic carbocycles. The zero-order valence-corrected chi connectivity index (χ0v) is 12.2. The molecule has 2 heterocycles. The molecule has 1 aliphatic rings. The van der Waals surface area contributed by atoms with Crippen molar-refractivity contribution in [3.63, 3.8) is 0 Å². The zero-order valence-electron chi connectivity index (χ0n) is 11.4. The van der Waals surface area contributed by atoms with Crippen molar-refractivity contribution in [1.29, 1.82) is 0 Å². The largest absolute Gasteiger partial charge is 0.330 e. The number of fused-ring (bicyclic) bond motifs is 1. The third-order valence-electron chi connectivity index (χ3n) is 3.87. The smallest absolute Gasteiger partial charge is 0.178 e. The third kappa shape index (κ3) is 2.53. The predicted molar refractivity (Wildman–Crippen MR) is 79.6 cm³/mol. The van der Waals surface area contributed by atoms with E-state index in [0.717, 1.165) is 42.9 Å². The van der Waals surface area contributed by atoms with Crippen molar-refractivity contribution in [2.45, 2.75) is 26.2 Å². The Morgan fingerprint density at radius 1 is 1.35 bits per heavy atom. The summed E-state index contributed by atoms with van der Waals surface area (Å²) in [4.78, 5) is 13.6.